The second-order valence-electron chi connectivity index (χ2n) is 8.30. The van der Waals surface area contributed by atoms with Crippen molar-refractivity contribution in [2.75, 3.05) is 63.3 Å². The maximum Gasteiger partial charge on any atom is 0.166 e. The van der Waals surface area contributed by atoms with E-state index in [1.807, 2.05) is 28.6 Å². The minimum atomic E-state index is -2.04. The highest BCUT2D eigenvalue weighted by Crippen LogP contribution is 2.28. The van der Waals surface area contributed by atoms with Gasteiger partial charge in [-0.1, -0.05) is 0 Å². The average molecular weight is 472 g/mol. The fraction of sp³-hybridized carbons (Fsp3) is 0.524. The lowest BCUT2D eigenvalue weighted by Crippen LogP contribution is -2.47. The molecule has 0 saturated carbocycles. The number of pyridine rings is 1. The monoisotopic (exact) mass is 471 g/mol. The zero-order valence-corrected chi connectivity index (χ0v) is 19.4. The third-order valence-corrected chi connectivity index (χ3v) is 6.72. The van der Waals surface area contributed by atoms with Gasteiger partial charge in [0.25, 0.3) is 0 Å². The molecule has 11 nitrogen and oxygen atoms in total. The van der Waals surface area contributed by atoms with Crippen LogP contribution in [-0.2, 0) is 29.4 Å². The Kier molecular flexibility index (Phi) is 6.60. The predicted octanol–water partition coefficient (Wildman–Crippen LogP) is 0.216. The first-order chi connectivity index (χ1) is 16.1. The standard InChI is InChI=1S/C21H28N8O3S/c1-26-17(14-27-5-7-28(8-6-27)15-33(30)31)23-18-20(26)24-19(16-3-2-4-22-13-16)25-21(18)29-9-11-32-12-10-29/h2-4,13H,5-12,14-15H2,1H3,(H,30,31)/p-1. The second kappa shape index (κ2) is 9.77. The smallest absolute Gasteiger partial charge is 0.166 e. The number of hydrogen-bond donors (Lipinski definition) is 0. The first-order valence-electron chi connectivity index (χ1n) is 11.1. The molecule has 2 aliphatic heterocycles. The number of imidazole rings is 1. The summed E-state index contributed by atoms with van der Waals surface area (Å²) in [5, 5.41) is 0. The second-order valence-corrected chi connectivity index (χ2v) is 9.16. The molecular formula is C21H27N8O3S-. The number of morpholine rings is 1. The Balaban J connectivity index is 1.46. The van der Waals surface area contributed by atoms with Gasteiger partial charge < -0.3 is 18.8 Å². The molecule has 0 aromatic carbocycles. The van der Waals surface area contributed by atoms with E-state index in [0.29, 0.717) is 25.6 Å². The van der Waals surface area contributed by atoms with Gasteiger partial charge >= 0.3 is 0 Å². The number of piperazine rings is 1. The topological polar surface area (TPSA) is 116 Å². The Morgan fingerprint density at radius 1 is 1.06 bits per heavy atom. The molecule has 2 fully saturated rings. The van der Waals surface area contributed by atoms with Gasteiger partial charge in [-0.3, -0.25) is 19.0 Å². The number of fused-ring (bicyclic) bond motifs is 1. The van der Waals surface area contributed by atoms with E-state index in [1.165, 1.54) is 0 Å². The average Bonchev–Trinajstić information content (AvgIpc) is 3.15. The van der Waals surface area contributed by atoms with Gasteiger partial charge in [0.1, 0.15) is 5.82 Å². The minimum Gasteiger partial charge on any atom is -0.771 e. The lowest BCUT2D eigenvalue weighted by molar-refractivity contribution is 0.122. The van der Waals surface area contributed by atoms with E-state index in [4.69, 9.17) is 19.7 Å². The third kappa shape index (κ3) is 4.89. The molecule has 2 aliphatic rings. The van der Waals surface area contributed by atoms with Crippen molar-refractivity contribution < 1.29 is 13.5 Å². The predicted molar refractivity (Wildman–Crippen MR) is 123 cm³/mol. The van der Waals surface area contributed by atoms with Gasteiger partial charge in [-0.15, -0.1) is 0 Å². The summed E-state index contributed by atoms with van der Waals surface area (Å²) >= 11 is -2.04. The van der Waals surface area contributed by atoms with E-state index in [0.717, 1.165) is 67.6 Å². The molecule has 176 valence electrons. The van der Waals surface area contributed by atoms with Crippen LogP contribution in [0.15, 0.2) is 24.5 Å². The van der Waals surface area contributed by atoms with Crippen LogP contribution in [0.25, 0.3) is 22.6 Å². The lowest BCUT2D eigenvalue weighted by atomic mass is 10.2. The summed E-state index contributed by atoms with van der Waals surface area (Å²) in [6.45, 7) is 6.54. The molecule has 0 aliphatic carbocycles. The maximum absolute atomic E-state index is 11.0. The summed E-state index contributed by atoms with van der Waals surface area (Å²) in [5.74, 6) is 2.46. The normalized spacial score (nSPS) is 19.3. The van der Waals surface area contributed by atoms with Gasteiger partial charge in [-0.05, 0) is 23.2 Å². The fourth-order valence-corrected chi connectivity index (χ4v) is 4.83. The molecule has 3 aromatic heterocycles. The van der Waals surface area contributed by atoms with Gasteiger partial charge in [-0.2, -0.15) is 0 Å². The number of aromatic nitrogens is 5. The number of nitrogens with zero attached hydrogens (tertiary/aromatic N) is 8. The molecule has 0 spiro atoms. The summed E-state index contributed by atoms with van der Waals surface area (Å²) in [7, 11) is 1.99. The molecule has 5 rings (SSSR count). The van der Waals surface area contributed by atoms with Crippen LogP contribution in [0, 0.1) is 0 Å². The maximum atomic E-state index is 11.0. The number of aryl methyl sites for hydroxylation is 1. The van der Waals surface area contributed by atoms with Gasteiger partial charge in [0, 0.05) is 64.3 Å². The minimum absolute atomic E-state index is 0.0930. The van der Waals surface area contributed by atoms with Crippen LogP contribution in [0.1, 0.15) is 5.82 Å². The van der Waals surface area contributed by atoms with Crippen molar-refractivity contribution in [2.45, 2.75) is 6.54 Å². The van der Waals surface area contributed by atoms with Crippen LogP contribution in [-0.4, -0.2) is 101 Å². The van der Waals surface area contributed by atoms with Crippen molar-refractivity contribution in [3.8, 4) is 11.4 Å². The van der Waals surface area contributed by atoms with Crippen LogP contribution in [0.2, 0.25) is 0 Å². The van der Waals surface area contributed by atoms with Crippen molar-refractivity contribution in [3.05, 3.63) is 30.4 Å². The highest BCUT2D eigenvalue weighted by molar-refractivity contribution is 7.79. The molecule has 33 heavy (non-hydrogen) atoms. The van der Waals surface area contributed by atoms with Crippen molar-refractivity contribution >= 4 is 28.1 Å². The Hall–Kier alpha value is -2.51. The van der Waals surface area contributed by atoms with Crippen LogP contribution in [0.5, 0.6) is 0 Å². The first kappa shape index (κ1) is 22.3. The quantitative estimate of drug-likeness (QED) is 0.462. The van der Waals surface area contributed by atoms with Gasteiger partial charge in [0.05, 0.1) is 25.6 Å². The van der Waals surface area contributed by atoms with Crippen LogP contribution in [0.3, 0.4) is 0 Å². The first-order valence-corrected chi connectivity index (χ1v) is 12.3. The van der Waals surface area contributed by atoms with Crippen LogP contribution in [0.4, 0.5) is 5.82 Å². The van der Waals surface area contributed by atoms with Crippen LogP contribution >= 0.6 is 0 Å². The van der Waals surface area contributed by atoms with E-state index in [2.05, 4.69) is 14.8 Å². The SMILES string of the molecule is Cn1c(CN2CCN(CS(=O)[O-])CC2)nc2c(N3CCOCC3)nc(-c3cccnc3)nc21. The fourth-order valence-electron chi connectivity index (χ4n) is 4.28. The zero-order valence-electron chi connectivity index (χ0n) is 18.6. The van der Waals surface area contributed by atoms with Crippen molar-refractivity contribution in [1.82, 2.24) is 34.3 Å². The van der Waals surface area contributed by atoms with Crippen molar-refractivity contribution in [1.29, 1.82) is 0 Å². The molecule has 0 N–H and O–H groups in total. The molecule has 5 heterocycles. The number of hydrogen-bond acceptors (Lipinski definition) is 10. The number of anilines is 1. The lowest BCUT2D eigenvalue weighted by Gasteiger charge is -2.34. The molecule has 0 radical (unpaired) electrons. The summed E-state index contributed by atoms with van der Waals surface area (Å²) in [6, 6.07) is 3.84. The van der Waals surface area contributed by atoms with Crippen LogP contribution < -0.4 is 4.90 Å². The largest absolute Gasteiger partial charge is 0.771 e. The van der Waals surface area contributed by atoms with E-state index in [-0.39, 0.29) is 5.88 Å². The summed E-state index contributed by atoms with van der Waals surface area (Å²) < 4.78 is 29.5. The van der Waals surface area contributed by atoms with E-state index in [9.17, 15) is 8.76 Å². The highest BCUT2D eigenvalue weighted by atomic mass is 32.2. The Morgan fingerprint density at radius 2 is 1.82 bits per heavy atom. The van der Waals surface area contributed by atoms with E-state index >= 15 is 0 Å². The molecule has 1 unspecified atom stereocenters. The van der Waals surface area contributed by atoms with E-state index < -0.39 is 11.1 Å². The summed E-state index contributed by atoms with van der Waals surface area (Å²) in [4.78, 5) is 25.4. The van der Waals surface area contributed by atoms with Gasteiger partial charge in [-0.25, -0.2) is 15.0 Å². The number of rotatable bonds is 6. The molecule has 2 saturated heterocycles. The molecule has 0 amide bonds. The number of ether oxygens (including phenoxy) is 1. The summed E-state index contributed by atoms with van der Waals surface area (Å²) in [6.07, 6.45) is 3.51. The molecule has 12 heteroatoms. The highest BCUT2D eigenvalue weighted by Gasteiger charge is 2.24. The van der Waals surface area contributed by atoms with Crippen molar-refractivity contribution in [3.63, 3.8) is 0 Å². The molecule has 3 aromatic rings. The van der Waals surface area contributed by atoms with E-state index in [1.54, 1.807) is 12.4 Å². The third-order valence-electron chi connectivity index (χ3n) is 6.14. The Labute approximate surface area is 194 Å². The molecule has 1 atom stereocenters. The Morgan fingerprint density at radius 3 is 2.52 bits per heavy atom. The Bertz CT molecular complexity index is 1130. The zero-order chi connectivity index (χ0) is 22.8. The van der Waals surface area contributed by atoms with Gasteiger partial charge in [0.2, 0.25) is 0 Å². The van der Waals surface area contributed by atoms with Crippen molar-refractivity contribution in [2.24, 2.45) is 7.05 Å². The van der Waals surface area contributed by atoms with Gasteiger partial charge in [0.15, 0.2) is 22.8 Å². The summed E-state index contributed by atoms with van der Waals surface area (Å²) in [5.41, 5.74) is 2.45. The molecular weight excluding hydrogens is 444 g/mol. The molecule has 0 bridgehead atoms.